The topological polar surface area (TPSA) is 83.1 Å². The van der Waals surface area contributed by atoms with Gasteiger partial charge in [-0.2, -0.15) is 5.10 Å². The molecule has 1 aromatic heterocycles. The average Bonchev–Trinajstić information content (AvgIpc) is 3.07. The molecule has 21 heavy (non-hydrogen) atoms. The van der Waals surface area contributed by atoms with Crippen molar-refractivity contribution in [2.75, 3.05) is 27.3 Å². The van der Waals surface area contributed by atoms with Crippen LogP contribution in [0.25, 0.3) is 0 Å². The van der Waals surface area contributed by atoms with Crippen molar-refractivity contribution in [3.63, 3.8) is 0 Å². The molecule has 0 radical (unpaired) electrons. The fourth-order valence-electron chi connectivity index (χ4n) is 2.94. The Morgan fingerprint density at radius 1 is 1.57 bits per heavy atom. The summed E-state index contributed by atoms with van der Waals surface area (Å²) in [5.41, 5.74) is -0.603. The number of aromatic amines is 1. The van der Waals surface area contributed by atoms with Crippen LogP contribution in [-0.4, -0.2) is 58.8 Å². The van der Waals surface area contributed by atoms with Crippen LogP contribution in [0.15, 0.2) is 0 Å². The van der Waals surface area contributed by atoms with Crippen molar-refractivity contribution in [3.8, 4) is 0 Å². The molecule has 2 heterocycles. The first-order valence-electron chi connectivity index (χ1n) is 7.41. The molecule has 0 spiro atoms. The number of likely N-dealkylation sites (N-methyl/N-ethyl adjacent to an activating group) is 1. The molecule has 1 amide bonds. The first kappa shape index (κ1) is 15.9. The summed E-state index contributed by atoms with van der Waals surface area (Å²) in [5.74, 6) is 1.90. The molecule has 1 aromatic rings. The molecule has 1 saturated heterocycles. The third-order valence-electron chi connectivity index (χ3n) is 4.06. The number of hydrogen-bond donors (Lipinski definition) is 2. The number of methoxy groups -OCH3 is 1. The Bertz CT molecular complexity index is 487. The number of hydrogen-bond acceptors (Lipinski definition) is 5. The molecule has 1 aliphatic rings. The first-order chi connectivity index (χ1) is 10.0. The minimum Gasteiger partial charge on any atom is -0.382 e. The second-order valence-corrected chi connectivity index (χ2v) is 5.86. The summed E-state index contributed by atoms with van der Waals surface area (Å²) in [6.07, 6.45) is 1.77. The minimum atomic E-state index is -0.603. The summed E-state index contributed by atoms with van der Waals surface area (Å²) < 4.78 is 5.31. The predicted molar refractivity (Wildman–Crippen MR) is 78.8 cm³/mol. The highest BCUT2D eigenvalue weighted by atomic mass is 16.5. The van der Waals surface area contributed by atoms with Gasteiger partial charge in [0.1, 0.15) is 11.4 Å². The van der Waals surface area contributed by atoms with Crippen molar-refractivity contribution >= 4 is 5.91 Å². The molecule has 2 rings (SSSR count). The number of nitrogens with zero attached hydrogens (tertiary/aromatic N) is 3. The van der Waals surface area contributed by atoms with E-state index < -0.39 is 5.54 Å². The number of likely N-dealkylation sites (tertiary alicyclic amines) is 1. The van der Waals surface area contributed by atoms with E-state index in [0.29, 0.717) is 13.2 Å². The summed E-state index contributed by atoms with van der Waals surface area (Å²) >= 11 is 0. The molecule has 7 heteroatoms. The van der Waals surface area contributed by atoms with E-state index >= 15 is 0 Å². The summed E-state index contributed by atoms with van der Waals surface area (Å²) in [5, 5.41) is 9.96. The standard InChI is InChI=1S/C14H25N5O2/c1-10(2)12-16-11(17-18-12)8-19-7-5-6-14(19,9-21-4)13(20)15-3/h10H,5-9H2,1-4H3,(H,15,20)(H,16,17,18). The Morgan fingerprint density at radius 2 is 2.33 bits per heavy atom. The summed E-state index contributed by atoms with van der Waals surface area (Å²) in [4.78, 5) is 19.0. The second kappa shape index (κ2) is 6.53. The van der Waals surface area contributed by atoms with Crippen LogP contribution >= 0.6 is 0 Å². The van der Waals surface area contributed by atoms with Gasteiger partial charge in [0.05, 0.1) is 13.2 Å². The lowest BCUT2D eigenvalue weighted by molar-refractivity contribution is -0.135. The highest BCUT2D eigenvalue weighted by Gasteiger charge is 2.47. The molecule has 118 valence electrons. The molecule has 1 atom stereocenters. The Labute approximate surface area is 125 Å². The van der Waals surface area contributed by atoms with Crippen molar-refractivity contribution in [1.29, 1.82) is 0 Å². The lowest BCUT2D eigenvalue weighted by Gasteiger charge is -2.35. The van der Waals surface area contributed by atoms with Crippen LogP contribution in [0.3, 0.4) is 0 Å². The van der Waals surface area contributed by atoms with Crippen molar-refractivity contribution in [3.05, 3.63) is 11.6 Å². The average molecular weight is 295 g/mol. The zero-order chi connectivity index (χ0) is 15.5. The molecule has 0 saturated carbocycles. The second-order valence-electron chi connectivity index (χ2n) is 5.86. The summed E-state index contributed by atoms with van der Waals surface area (Å²) in [6, 6.07) is 0. The smallest absolute Gasteiger partial charge is 0.242 e. The van der Waals surface area contributed by atoms with Gasteiger partial charge in [-0.3, -0.25) is 14.8 Å². The predicted octanol–water partition coefficient (Wildman–Crippen LogP) is 0.655. The highest BCUT2D eigenvalue weighted by Crippen LogP contribution is 2.31. The van der Waals surface area contributed by atoms with E-state index in [-0.39, 0.29) is 11.8 Å². The van der Waals surface area contributed by atoms with Gasteiger partial charge in [0.25, 0.3) is 0 Å². The maximum Gasteiger partial charge on any atom is 0.242 e. The fraction of sp³-hybridized carbons (Fsp3) is 0.786. The van der Waals surface area contributed by atoms with Gasteiger partial charge in [-0.25, -0.2) is 4.98 Å². The van der Waals surface area contributed by atoms with Gasteiger partial charge in [0, 0.05) is 20.1 Å². The molecule has 7 nitrogen and oxygen atoms in total. The van der Waals surface area contributed by atoms with Crippen LogP contribution in [-0.2, 0) is 16.1 Å². The van der Waals surface area contributed by atoms with E-state index in [0.717, 1.165) is 31.0 Å². The maximum atomic E-state index is 12.4. The largest absolute Gasteiger partial charge is 0.382 e. The van der Waals surface area contributed by atoms with Gasteiger partial charge < -0.3 is 10.1 Å². The highest BCUT2D eigenvalue weighted by molar-refractivity contribution is 5.86. The lowest BCUT2D eigenvalue weighted by Crippen LogP contribution is -2.57. The zero-order valence-corrected chi connectivity index (χ0v) is 13.3. The van der Waals surface area contributed by atoms with Gasteiger partial charge in [0.15, 0.2) is 5.82 Å². The van der Waals surface area contributed by atoms with E-state index in [2.05, 4.69) is 39.2 Å². The molecule has 0 aliphatic carbocycles. The van der Waals surface area contributed by atoms with Crippen molar-refractivity contribution in [2.45, 2.75) is 44.7 Å². The Kier molecular flexibility index (Phi) is 4.95. The van der Waals surface area contributed by atoms with Crippen LogP contribution in [0.4, 0.5) is 0 Å². The Balaban J connectivity index is 2.17. The van der Waals surface area contributed by atoms with Crippen LogP contribution in [0.2, 0.25) is 0 Å². The van der Waals surface area contributed by atoms with E-state index in [4.69, 9.17) is 4.74 Å². The molecule has 2 N–H and O–H groups in total. The van der Waals surface area contributed by atoms with Crippen molar-refractivity contribution < 1.29 is 9.53 Å². The monoisotopic (exact) mass is 295 g/mol. The van der Waals surface area contributed by atoms with Gasteiger partial charge in [-0.05, 0) is 19.4 Å². The molecular weight excluding hydrogens is 270 g/mol. The normalized spacial score (nSPS) is 22.9. The number of rotatable bonds is 6. The van der Waals surface area contributed by atoms with E-state index in [9.17, 15) is 4.79 Å². The number of carbonyl (C=O) groups is 1. The van der Waals surface area contributed by atoms with Crippen molar-refractivity contribution in [2.24, 2.45) is 0 Å². The SMILES string of the molecule is CNC(=O)C1(COC)CCCN1Cc1nc(C(C)C)n[nH]1. The molecular formula is C14H25N5O2. The minimum absolute atomic E-state index is 0.00504. The number of nitrogens with one attached hydrogen (secondary N) is 2. The first-order valence-corrected chi connectivity index (χ1v) is 7.41. The number of H-pyrrole nitrogens is 1. The molecule has 0 aromatic carbocycles. The number of aromatic nitrogens is 3. The quantitative estimate of drug-likeness (QED) is 0.805. The van der Waals surface area contributed by atoms with E-state index in [1.165, 1.54) is 0 Å². The van der Waals surface area contributed by atoms with E-state index in [1.54, 1.807) is 14.2 Å². The molecule has 1 unspecified atom stereocenters. The number of ether oxygens (including phenoxy) is 1. The van der Waals surface area contributed by atoms with Gasteiger partial charge >= 0.3 is 0 Å². The van der Waals surface area contributed by atoms with E-state index in [1.807, 2.05) is 0 Å². The van der Waals surface area contributed by atoms with Crippen LogP contribution < -0.4 is 5.32 Å². The third-order valence-corrected chi connectivity index (χ3v) is 4.06. The lowest BCUT2D eigenvalue weighted by atomic mass is 9.96. The van der Waals surface area contributed by atoms with Crippen LogP contribution in [0.1, 0.15) is 44.3 Å². The Morgan fingerprint density at radius 3 is 2.90 bits per heavy atom. The van der Waals surface area contributed by atoms with Gasteiger partial charge in [0.2, 0.25) is 5.91 Å². The third kappa shape index (κ3) is 3.08. The van der Waals surface area contributed by atoms with Crippen LogP contribution in [0, 0.1) is 0 Å². The van der Waals surface area contributed by atoms with Crippen molar-refractivity contribution in [1.82, 2.24) is 25.4 Å². The van der Waals surface area contributed by atoms with Gasteiger partial charge in [-0.15, -0.1) is 0 Å². The maximum absolute atomic E-state index is 12.4. The number of carbonyl (C=O) groups excluding carboxylic acids is 1. The van der Waals surface area contributed by atoms with Gasteiger partial charge in [-0.1, -0.05) is 13.8 Å². The number of amides is 1. The molecule has 1 fully saturated rings. The van der Waals surface area contributed by atoms with Crippen LogP contribution in [0.5, 0.6) is 0 Å². The summed E-state index contributed by atoms with van der Waals surface area (Å²) in [7, 11) is 3.30. The molecule has 0 bridgehead atoms. The fourth-order valence-corrected chi connectivity index (χ4v) is 2.94. The Hall–Kier alpha value is -1.47. The molecule has 1 aliphatic heterocycles. The summed E-state index contributed by atoms with van der Waals surface area (Å²) in [6.45, 7) is 5.94. The zero-order valence-electron chi connectivity index (χ0n) is 13.3.